The molecule has 3 aromatic rings. The number of rotatable bonds is 3. The van der Waals surface area contributed by atoms with Gasteiger partial charge in [0.25, 0.3) is 0 Å². The first kappa shape index (κ1) is 20.0. The van der Waals surface area contributed by atoms with Crippen LogP contribution >= 0.6 is 0 Å². The number of anilines is 1. The summed E-state index contributed by atoms with van der Waals surface area (Å²) in [4.78, 5) is 12.1. The summed E-state index contributed by atoms with van der Waals surface area (Å²) < 4.78 is 16.7. The highest BCUT2D eigenvalue weighted by atomic mass is 19.1. The van der Waals surface area contributed by atoms with Crippen LogP contribution in [0.2, 0.25) is 0 Å². The number of imidazole rings is 1. The van der Waals surface area contributed by atoms with Gasteiger partial charge in [0.2, 0.25) is 0 Å². The first-order valence-electron chi connectivity index (χ1n) is 11.2. The Morgan fingerprint density at radius 2 is 1.94 bits per heavy atom. The van der Waals surface area contributed by atoms with Gasteiger partial charge in [0.05, 0.1) is 11.3 Å². The number of pyridine rings is 1. The minimum absolute atomic E-state index is 0.0465. The molecule has 2 N–H and O–H groups in total. The number of piperidine rings is 1. The average Bonchev–Trinajstić information content (AvgIpc) is 3.19. The molecule has 160 valence electrons. The fourth-order valence-electron chi connectivity index (χ4n) is 5.09. The zero-order valence-corrected chi connectivity index (χ0v) is 17.6. The lowest BCUT2D eigenvalue weighted by molar-refractivity contribution is 0.361. The van der Waals surface area contributed by atoms with Crippen LogP contribution in [0.5, 0.6) is 0 Å². The largest absolute Gasteiger partial charge is 0.368 e. The number of fused-ring (bicyclic) bond motifs is 1. The van der Waals surface area contributed by atoms with E-state index < -0.39 is 5.82 Å². The van der Waals surface area contributed by atoms with E-state index in [-0.39, 0.29) is 11.6 Å². The van der Waals surface area contributed by atoms with Gasteiger partial charge in [0, 0.05) is 36.9 Å². The molecule has 1 aliphatic carbocycles. The molecule has 31 heavy (non-hydrogen) atoms. The van der Waals surface area contributed by atoms with Gasteiger partial charge in [0.15, 0.2) is 5.65 Å². The molecule has 0 spiro atoms. The molecule has 2 aromatic heterocycles. The Morgan fingerprint density at radius 3 is 2.68 bits per heavy atom. The van der Waals surface area contributed by atoms with Gasteiger partial charge in [-0.3, -0.25) is 0 Å². The molecule has 0 unspecified atom stereocenters. The molecule has 0 radical (unpaired) electrons. The molecule has 0 amide bonds. The van der Waals surface area contributed by atoms with Crippen molar-refractivity contribution in [1.29, 1.82) is 5.26 Å². The van der Waals surface area contributed by atoms with E-state index in [2.05, 4.69) is 9.47 Å². The van der Waals surface area contributed by atoms with Crippen molar-refractivity contribution in [1.82, 2.24) is 14.5 Å². The minimum atomic E-state index is -0.516. The van der Waals surface area contributed by atoms with Crippen LogP contribution in [0.4, 0.5) is 10.1 Å². The Kier molecular flexibility index (Phi) is 5.33. The van der Waals surface area contributed by atoms with E-state index in [9.17, 15) is 4.39 Å². The monoisotopic (exact) mass is 418 g/mol. The van der Waals surface area contributed by atoms with Gasteiger partial charge in [-0.2, -0.15) is 5.26 Å². The standard InChI is InChI=1S/C24H27FN6/c25-20-13-16(8-9-17(20)14-26)23-29-22-21(30-12-4-5-18(27)15-30)10-11-28-24(22)31(23)19-6-2-1-3-7-19/h8-11,13,18-19H,1-7,12,15,27H2/t18-/m1/s1. The highest BCUT2D eigenvalue weighted by molar-refractivity contribution is 5.89. The lowest BCUT2D eigenvalue weighted by Crippen LogP contribution is -2.42. The molecule has 2 fully saturated rings. The normalized spacial score (nSPS) is 20.2. The van der Waals surface area contributed by atoms with Crippen molar-refractivity contribution in [3.05, 3.63) is 41.8 Å². The third-order valence-electron chi connectivity index (χ3n) is 6.64. The topological polar surface area (TPSA) is 83.8 Å². The molecule has 1 saturated heterocycles. The molecule has 3 heterocycles. The number of nitriles is 1. The third kappa shape index (κ3) is 3.66. The molecule has 1 aromatic carbocycles. The number of nitrogens with zero attached hydrogens (tertiary/aromatic N) is 5. The molecule has 1 saturated carbocycles. The van der Waals surface area contributed by atoms with Gasteiger partial charge in [-0.1, -0.05) is 19.3 Å². The van der Waals surface area contributed by atoms with E-state index in [4.69, 9.17) is 21.0 Å². The lowest BCUT2D eigenvalue weighted by atomic mass is 9.95. The van der Waals surface area contributed by atoms with E-state index in [1.165, 1.54) is 31.4 Å². The van der Waals surface area contributed by atoms with Gasteiger partial charge < -0.3 is 15.2 Å². The van der Waals surface area contributed by atoms with Crippen molar-refractivity contribution < 1.29 is 4.39 Å². The average molecular weight is 419 g/mol. The van der Waals surface area contributed by atoms with Crippen LogP contribution in [0.15, 0.2) is 30.5 Å². The van der Waals surface area contributed by atoms with Crippen LogP contribution in [-0.4, -0.2) is 33.7 Å². The van der Waals surface area contributed by atoms with Gasteiger partial charge in [0.1, 0.15) is 23.2 Å². The molecular weight excluding hydrogens is 391 g/mol. The van der Waals surface area contributed by atoms with Crippen LogP contribution < -0.4 is 10.6 Å². The molecule has 0 bridgehead atoms. The Balaban J connectivity index is 1.69. The number of aromatic nitrogens is 3. The summed E-state index contributed by atoms with van der Waals surface area (Å²) in [6.45, 7) is 1.75. The summed E-state index contributed by atoms with van der Waals surface area (Å²) in [6.07, 6.45) is 9.67. The quantitative estimate of drug-likeness (QED) is 0.675. The summed E-state index contributed by atoms with van der Waals surface area (Å²) in [5.41, 5.74) is 9.72. The third-order valence-corrected chi connectivity index (χ3v) is 6.64. The predicted octanol–water partition coefficient (Wildman–Crippen LogP) is 4.54. The molecule has 1 aliphatic heterocycles. The first-order valence-corrected chi connectivity index (χ1v) is 11.2. The van der Waals surface area contributed by atoms with E-state index in [1.54, 1.807) is 6.07 Å². The second-order valence-corrected chi connectivity index (χ2v) is 8.75. The minimum Gasteiger partial charge on any atom is -0.368 e. The fraction of sp³-hybridized carbons (Fsp3) is 0.458. The van der Waals surface area contributed by atoms with Crippen molar-refractivity contribution in [2.24, 2.45) is 5.73 Å². The summed E-state index contributed by atoms with van der Waals surface area (Å²) in [6, 6.07) is 9.12. The van der Waals surface area contributed by atoms with Crippen LogP contribution in [0.25, 0.3) is 22.6 Å². The summed E-state index contributed by atoms with van der Waals surface area (Å²) in [5.74, 6) is 0.212. The Morgan fingerprint density at radius 1 is 1.10 bits per heavy atom. The van der Waals surface area contributed by atoms with Crippen molar-refractivity contribution in [3.8, 4) is 17.5 Å². The number of hydrogen-bond donors (Lipinski definition) is 1. The zero-order chi connectivity index (χ0) is 21.4. The number of nitrogens with two attached hydrogens (primary N) is 1. The maximum Gasteiger partial charge on any atom is 0.162 e. The van der Waals surface area contributed by atoms with Gasteiger partial charge in [-0.25, -0.2) is 14.4 Å². The van der Waals surface area contributed by atoms with Gasteiger partial charge in [-0.05, 0) is 49.9 Å². The molecule has 1 atom stereocenters. The second kappa shape index (κ2) is 8.27. The molecule has 5 rings (SSSR count). The summed E-state index contributed by atoms with van der Waals surface area (Å²) >= 11 is 0. The van der Waals surface area contributed by atoms with Crippen molar-refractivity contribution in [2.75, 3.05) is 18.0 Å². The maximum absolute atomic E-state index is 14.5. The Bertz CT molecular complexity index is 1140. The van der Waals surface area contributed by atoms with E-state index in [1.807, 2.05) is 18.3 Å². The Labute approximate surface area is 181 Å². The first-order chi connectivity index (χ1) is 15.2. The molecule has 6 nitrogen and oxygen atoms in total. The number of benzene rings is 1. The SMILES string of the molecule is N#Cc1ccc(-c2nc3c(N4CCC[C@@H](N)C4)ccnc3n2C2CCCCC2)cc1F. The van der Waals surface area contributed by atoms with E-state index >= 15 is 0 Å². The second-order valence-electron chi connectivity index (χ2n) is 8.75. The lowest BCUT2D eigenvalue weighted by Gasteiger charge is -2.32. The van der Waals surface area contributed by atoms with Gasteiger partial charge >= 0.3 is 0 Å². The smallest absolute Gasteiger partial charge is 0.162 e. The number of hydrogen-bond acceptors (Lipinski definition) is 5. The summed E-state index contributed by atoms with van der Waals surface area (Å²) in [5, 5.41) is 9.12. The van der Waals surface area contributed by atoms with Crippen molar-refractivity contribution in [3.63, 3.8) is 0 Å². The van der Waals surface area contributed by atoms with Crippen LogP contribution in [0, 0.1) is 17.1 Å². The molecular formula is C24H27FN6. The Hall–Kier alpha value is -2.98. The van der Waals surface area contributed by atoms with E-state index in [0.717, 1.165) is 61.4 Å². The van der Waals surface area contributed by atoms with Crippen molar-refractivity contribution >= 4 is 16.9 Å². The highest BCUT2D eigenvalue weighted by Gasteiger charge is 2.27. The highest BCUT2D eigenvalue weighted by Crippen LogP contribution is 2.38. The number of halogens is 1. The molecule has 2 aliphatic rings. The van der Waals surface area contributed by atoms with Crippen LogP contribution in [0.3, 0.4) is 0 Å². The van der Waals surface area contributed by atoms with Crippen molar-refractivity contribution in [2.45, 2.75) is 57.0 Å². The summed E-state index contributed by atoms with van der Waals surface area (Å²) in [7, 11) is 0. The van der Waals surface area contributed by atoms with Crippen LogP contribution in [0.1, 0.15) is 56.6 Å². The predicted molar refractivity (Wildman–Crippen MR) is 119 cm³/mol. The zero-order valence-electron chi connectivity index (χ0n) is 17.6. The molecule has 7 heteroatoms. The van der Waals surface area contributed by atoms with E-state index in [0.29, 0.717) is 11.6 Å². The maximum atomic E-state index is 14.5. The van der Waals surface area contributed by atoms with Crippen LogP contribution in [-0.2, 0) is 0 Å². The fourth-order valence-corrected chi connectivity index (χ4v) is 5.09. The van der Waals surface area contributed by atoms with Gasteiger partial charge in [-0.15, -0.1) is 0 Å².